The predicted molar refractivity (Wildman–Crippen MR) is 51.0 cm³/mol. The summed E-state index contributed by atoms with van der Waals surface area (Å²) < 4.78 is 6.51. The fraction of sp³-hybridized carbons (Fsp3) is 0.556. The molecule has 1 fully saturated rings. The average molecular weight is 230 g/mol. The fourth-order valence-corrected chi connectivity index (χ4v) is 2.41. The van der Waals surface area contributed by atoms with Crippen LogP contribution >= 0.6 is 15.9 Å². The van der Waals surface area contributed by atoms with E-state index in [1.165, 1.54) is 6.42 Å². The minimum absolute atomic E-state index is 0.0440. The van der Waals surface area contributed by atoms with Gasteiger partial charge in [0.2, 0.25) is 0 Å². The van der Waals surface area contributed by atoms with E-state index in [2.05, 4.69) is 28.2 Å². The second-order valence-electron chi connectivity index (χ2n) is 3.46. The molecule has 12 heavy (non-hydrogen) atoms. The van der Waals surface area contributed by atoms with E-state index in [4.69, 9.17) is 4.42 Å². The first-order chi connectivity index (χ1) is 5.72. The van der Waals surface area contributed by atoms with Crippen LogP contribution in [0.5, 0.6) is 0 Å². The molecule has 3 heteroatoms. The largest absolute Gasteiger partial charge is 0.466 e. The molecule has 2 nitrogen and oxygen atoms in total. The highest BCUT2D eigenvalue weighted by Crippen LogP contribution is 2.35. The van der Waals surface area contributed by atoms with Crippen molar-refractivity contribution in [1.29, 1.82) is 0 Å². The van der Waals surface area contributed by atoms with Crippen molar-refractivity contribution >= 4 is 15.9 Å². The van der Waals surface area contributed by atoms with E-state index in [0.717, 1.165) is 23.2 Å². The van der Waals surface area contributed by atoms with Crippen LogP contribution in [0.3, 0.4) is 0 Å². The van der Waals surface area contributed by atoms with Crippen LogP contribution in [-0.4, -0.2) is 6.54 Å². The minimum atomic E-state index is 0.0440. The molecule has 2 heterocycles. The SMILES string of the molecule is CC1(c2occc2Br)CCCN1. The number of furan rings is 1. The topological polar surface area (TPSA) is 25.2 Å². The maximum Gasteiger partial charge on any atom is 0.137 e. The highest BCUT2D eigenvalue weighted by Gasteiger charge is 2.34. The molecule has 0 amide bonds. The molecular weight excluding hydrogens is 218 g/mol. The maximum atomic E-state index is 5.44. The molecule has 1 atom stereocenters. The fourth-order valence-electron chi connectivity index (χ4n) is 1.78. The van der Waals surface area contributed by atoms with Crippen LogP contribution in [-0.2, 0) is 5.54 Å². The van der Waals surface area contributed by atoms with Crippen LogP contribution in [0.4, 0.5) is 0 Å². The molecule has 2 rings (SSSR count). The normalized spacial score (nSPS) is 29.5. The summed E-state index contributed by atoms with van der Waals surface area (Å²) in [5.74, 6) is 1.03. The Morgan fingerprint density at radius 2 is 2.50 bits per heavy atom. The Kier molecular flexibility index (Phi) is 2.00. The number of hydrogen-bond acceptors (Lipinski definition) is 2. The van der Waals surface area contributed by atoms with Gasteiger partial charge in [-0.15, -0.1) is 0 Å². The third kappa shape index (κ3) is 1.21. The van der Waals surface area contributed by atoms with Gasteiger partial charge in [-0.1, -0.05) is 0 Å². The van der Waals surface area contributed by atoms with E-state index in [1.807, 2.05) is 6.07 Å². The summed E-state index contributed by atoms with van der Waals surface area (Å²) >= 11 is 3.48. The molecule has 66 valence electrons. The van der Waals surface area contributed by atoms with Gasteiger partial charge in [-0.3, -0.25) is 0 Å². The number of nitrogens with one attached hydrogen (secondary N) is 1. The van der Waals surface area contributed by atoms with Crippen molar-refractivity contribution in [3.63, 3.8) is 0 Å². The van der Waals surface area contributed by atoms with E-state index in [-0.39, 0.29) is 5.54 Å². The van der Waals surface area contributed by atoms with Gasteiger partial charge in [-0.05, 0) is 48.3 Å². The smallest absolute Gasteiger partial charge is 0.137 e. The zero-order valence-corrected chi connectivity index (χ0v) is 8.65. The van der Waals surface area contributed by atoms with Crippen LogP contribution in [0.25, 0.3) is 0 Å². The van der Waals surface area contributed by atoms with Crippen molar-refractivity contribution in [2.24, 2.45) is 0 Å². The van der Waals surface area contributed by atoms with Crippen LogP contribution in [0.15, 0.2) is 21.2 Å². The molecule has 0 bridgehead atoms. The molecule has 0 saturated carbocycles. The molecule has 1 N–H and O–H groups in total. The minimum Gasteiger partial charge on any atom is -0.466 e. The van der Waals surface area contributed by atoms with Gasteiger partial charge in [0, 0.05) is 0 Å². The first kappa shape index (κ1) is 8.32. The third-order valence-electron chi connectivity index (χ3n) is 2.49. The van der Waals surface area contributed by atoms with Gasteiger partial charge in [-0.2, -0.15) is 0 Å². The molecule has 0 aromatic carbocycles. The van der Waals surface area contributed by atoms with E-state index in [9.17, 15) is 0 Å². The molecular formula is C9H12BrNO. The Morgan fingerprint density at radius 1 is 1.67 bits per heavy atom. The quantitative estimate of drug-likeness (QED) is 0.802. The second kappa shape index (κ2) is 2.89. The number of hydrogen-bond donors (Lipinski definition) is 1. The summed E-state index contributed by atoms with van der Waals surface area (Å²) in [7, 11) is 0. The summed E-state index contributed by atoms with van der Waals surface area (Å²) in [5.41, 5.74) is 0.0440. The van der Waals surface area contributed by atoms with Gasteiger partial charge in [0.05, 0.1) is 16.3 Å². The number of halogens is 1. The third-order valence-corrected chi connectivity index (χ3v) is 3.11. The summed E-state index contributed by atoms with van der Waals surface area (Å²) in [6, 6.07) is 1.95. The highest BCUT2D eigenvalue weighted by molar-refractivity contribution is 9.10. The summed E-state index contributed by atoms with van der Waals surface area (Å²) in [6.45, 7) is 3.27. The van der Waals surface area contributed by atoms with Crippen molar-refractivity contribution in [3.8, 4) is 0 Å². The van der Waals surface area contributed by atoms with E-state index >= 15 is 0 Å². The zero-order chi connectivity index (χ0) is 8.60. The Balaban J connectivity index is 2.34. The van der Waals surface area contributed by atoms with Crippen LogP contribution < -0.4 is 5.32 Å². The molecule has 0 radical (unpaired) electrons. The van der Waals surface area contributed by atoms with Gasteiger partial charge in [-0.25, -0.2) is 0 Å². The van der Waals surface area contributed by atoms with Crippen molar-refractivity contribution in [3.05, 3.63) is 22.6 Å². The first-order valence-electron chi connectivity index (χ1n) is 4.21. The molecule has 1 aromatic rings. The zero-order valence-electron chi connectivity index (χ0n) is 7.06. The lowest BCUT2D eigenvalue weighted by Crippen LogP contribution is -2.32. The van der Waals surface area contributed by atoms with Gasteiger partial charge in [0.1, 0.15) is 5.76 Å². The standard InChI is InChI=1S/C9H12BrNO/c1-9(4-2-5-11-9)8-7(10)3-6-12-8/h3,6,11H,2,4-5H2,1H3. The van der Waals surface area contributed by atoms with Crippen molar-refractivity contribution in [2.45, 2.75) is 25.3 Å². The van der Waals surface area contributed by atoms with E-state index < -0.39 is 0 Å². The summed E-state index contributed by atoms with van der Waals surface area (Å²) in [4.78, 5) is 0. The highest BCUT2D eigenvalue weighted by atomic mass is 79.9. The summed E-state index contributed by atoms with van der Waals surface area (Å²) in [6.07, 6.45) is 4.10. The molecule has 0 aliphatic carbocycles. The molecule has 1 aliphatic heterocycles. The molecule has 1 unspecified atom stereocenters. The Labute approximate surface area is 80.5 Å². The monoisotopic (exact) mass is 229 g/mol. The maximum absolute atomic E-state index is 5.44. The van der Waals surface area contributed by atoms with Crippen molar-refractivity contribution in [1.82, 2.24) is 5.32 Å². The van der Waals surface area contributed by atoms with Crippen LogP contribution in [0.2, 0.25) is 0 Å². The molecule has 0 spiro atoms. The van der Waals surface area contributed by atoms with Gasteiger partial charge in [0.15, 0.2) is 0 Å². The van der Waals surface area contributed by atoms with Crippen LogP contribution in [0, 0.1) is 0 Å². The molecule has 1 aliphatic rings. The molecule has 1 aromatic heterocycles. The van der Waals surface area contributed by atoms with Gasteiger partial charge in [0.25, 0.3) is 0 Å². The van der Waals surface area contributed by atoms with E-state index in [0.29, 0.717) is 0 Å². The second-order valence-corrected chi connectivity index (χ2v) is 4.31. The first-order valence-corrected chi connectivity index (χ1v) is 5.00. The van der Waals surface area contributed by atoms with E-state index in [1.54, 1.807) is 6.26 Å². The number of rotatable bonds is 1. The summed E-state index contributed by atoms with van der Waals surface area (Å²) in [5, 5.41) is 3.45. The predicted octanol–water partition coefficient (Wildman–Crippen LogP) is 2.64. The van der Waals surface area contributed by atoms with Gasteiger partial charge < -0.3 is 9.73 Å². The van der Waals surface area contributed by atoms with Crippen LogP contribution in [0.1, 0.15) is 25.5 Å². The van der Waals surface area contributed by atoms with Crippen molar-refractivity contribution < 1.29 is 4.42 Å². The Bertz CT molecular complexity index is 276. The van der Waals surface area contributed by atoms with Gasteiger partial charge >= 0.3 is 0 Å². The average Bonchev–Trinajstić information content (AvgIpc) is 2.59. The Hall–Kier alpha value is -0.280. The van der Waals surface area contributed by atoms with Crippen molar-refractivity contribution in [2.75, 3.05) is 6.54 Å². The lowest BCUT2D eigenvalue weighted by atomic mass is 9.97. The lowest BCUT2D eigenvalue weighted by molar-refractivity contribution is 0.332. The molecule has 1 saturated heterocycles. The Morgan fingerprint density at radius 3 is 3.00 bits per heavy atom. The lowest BCUT2D eigenvalue weighted by Gasteiger charge is -2.21.